The topological polar surface area (TPSA) is 231 Å². The normalized spacial score (nSPS) is 14.3. The van der Waals surface area contributed by atoms with E-state index >= 15 is 0 Å². The SMILES string of the molecule is CCNC(=O)COCC(=O)NCC(=O)Nc1ccc(COC(=O)O[C@@H]2C(=O)OCc3c2cc2n(c3=O)Cc3c-2nc2ccccc2c3CCN(C(C)C)S(C)(=O)=O)cc1. The van der Waals surface area contributed by atoms with Crippen molar-refractivity contribution in [2.24, 2.45) is 0 Å². The van der Waals surface area contributed by atoms with E-state index in [-0.39, 0.29) is 62.5 Å². The first kappa shape index (κ1) is 42.4. The van der Waals surface area contributed by atoms with Gasteiger partial charge < -0.3 is 39.5 Å². The number of likely N-dealkylation sites (N-methyl/N-ethyl adjacent to an activating group) is 1. The summed E-state index contributed by atoms with van der Waals surface area (Å²) in [5.74, 6) is -2.34. The Hall–Kier alpha value is -6.18. The van der Waals surface area contributed by atoms with Crippen molar-refractivity contribution in [1.82, 2.24) is 24.5 Å². The fraction of sp³-hybridized carbons (Fsp3) is 0.375. The Morgan fingerprint density at radius 3 is 2.39 bits per heavy atom. The Balaban J connectivity index is 1.11. The van der Waals surface area contributed by atoms with E-state index in [1.54, 1.807) is 37.3 Å². The number of cyclic esters (lactones) is 1. The minimum Gasteiger partial charge on any atom is -0.458 e. The molecule has 2 aromatic carbocycles. The second-order valence-corrected chi connectivity index (χ2v) is 16.1. The van der Waals surface area contributed by atoms with Gasteiger partial charge in [-0.2, -0.15) is 4.31 Å². The lowest BCUT2D eigenvalue weighted by molar-refractivity contribution is -0.159. The van der Waals surface area contributed by atoms with Crippen LogP contribution in [0.1, 0.15) is 54.7 Å². The van der Waals surface area contributed by atoms with Crippen LogP contribution < -0.4 is 21.5 Å². The number of hydrogen-bond acceptors (Lipinski definition) is 13. The molecule has 2 aliphatic heterocycles. The molecule has 2 aliphatic rings. The van der Waals surface area contributed by atoms with Gasteiger partial charge in [-0.05, 0) is 62.6 Å². The van der Waals surface area contributed by atoms with Crippen molar-refractivity contribution in [3.63, 3.8) is 0 Å². The summed E-state index contributed by atoms with van der Waals surface area (Å²) >= 11 is 0. The number of ether oxygens (including phenoxy) is 4. The molecule has 2 aromatic heterocycles. The van der Waals surface area contributed by atoms with Crippen LogP contribution in [-0.2, 0) is 74.3 Å². The van der Waals surface area contributed by atoms with E-state index in [1.807, 2.05) is 38.1 Å². The molecular weight excluding hydrogens is 789 g/mol. The molecule has 59 heavy (non-hydrogen) atoms. The molecule has 1 atom stereocenters. The fourth-order valence-corrected chi connectivity index (χ4v) is 8.14. The van der Waals surface area contributed by atoms with Crippen molar-refractivity contribution >= 4 is 56.5 Å². The van der Waals surface area contributed by atoms with Gasteiger partial charge in [0, 0.05) is 41.3 Å². The second-order valence-electron chi connectivity index (χ2n) is 14.1. The lowest BCUT2D eigenvalue weighted by atomic mass is 9.97. The third-order valence-corrected chi connectivity index (χ3v) is 11.1. The van der Waals surface area contributed by atoms with Crippen LogP contribution in [0.4, 0.5) is 10.5 Å². The maximum atomic E-state index is 14.0. The summed E-state index contributed by atoms with van der Waals surface area (Å²) in [6.07, 6.45) is -1.27. The van der Waals surface area contributed by atoms with Gasteiger partial charge >= 0.3 is 12.1 Å². The van der Waals surface area contributed by atoms with Crippen molar-refractivity contribution in [2.45, 2.75) is 59.1 Å². The molecule has 0 spiro atoms. The number of carbonyl (C=O) groups excluding carboxylic acids is 5. The first-order chi connectivity index (χ1) is 28.1. The molecular formula is C40H44N6O12S. The Bertz CT molecular complexity index is 2470. The van der Waals surface area contributed by atoms with Gasteiger partial charge in [-0.1, -0.05) is 30.3 Å². The maximum absolute atomic E-state index is 14.0. The number of sulfonamides is 1. The molecule has 18 nitrogen and oxygen atoms in total. The van der Waals surface area contributed by atoms with Crippen molar-refractivity contribution in [3.8, 4) is 11.4 Å². The number of rotatable bonds is 16. The van der Waals surface area contributed by atoms with E-state index < -0.39 is 52.2 Å². The monoisotopic (exact) mass is 832 g/mol. The third-order valence-electron chi connectivity index (χ3n) is 9.64. The second kappa shape index (κ2) is 18.2. The summed E-state index contributed by atoms with van der Waals surface area (Å²) in [7, 11) is -3.50. The fourth-order valence-electron chi connectivity index (χ4n) is 6.95. The van der Waals surface area contributed by atoms with Crippen LogP contribution in [-0.4, -0.2) is 97.3 Å². The molecule has 0 saturated carbocycles. The predicted molar refractivity (Wildman–Crippen MR) is 212 cm³/mol. The minimum absolute atomic E-state index is 0.134. The molecule has 0 aliphatic carbocycles. The Morgan fingerprint density at radius 2 is 1.69 bits per heavy atom. The number of esters is 1. The number of nitrogens with one attached hydrogen (secondary N) is 3. The van der Waals surface area contributed by atoms with Gasteiger partial charge in [-0.3, -0.25) is 19.2 Å². The number of benzene rings is 2. The largest absolute Gasteiger partial charge is 0.509 e. The van der Waals surface area contributed by atoms with Crippen molar-refractivity contribution in [3.05, 3.63) is 92.8 Å². The number of nitrogens with zero attached hydrogens (tertiary/aromatic N) is 3. The molecule has 4 aromatic rings. The zero-order chi connectivity index (χ0) is 42.4. The standard InChI is InChI=1S/C40H44N6O12S/c1-5-41-34(48)21-55-22-35(49)42-17-33(47)43-25-12-10-24(11-13-25)19-57-40(52)58-37-28-16-32-36-29(18-45(32)38(50)30(28)20-56-39(37)51)26(27-8-6-7-9-31(27)44-36)14-15-46(23(2)3)59(4,53)54/h6-13,16,23,37H,5,14-15,17-22H2,1-4H3,(H,41,48)(H,42,49)(H,43,47)/t37-/m0/s1. The van der Waals surface area contributed by atoms with Gasteiger partial charge in [0.2, 0.25) is 33.8 Å². The first-order valence-corrected chi connectivity index (χ1v) is 20.6. The average Bonchev–Trinajstić information content (AvgIpc) is 3.55. The summed E-state index contributed by atoms with van der Waals surface area (Å²) in [6.45, 7) is 4.56. The Morgan fingerprint density at radius 1 is 0.983 bits per heavy atom. The molecule has 3 amide bonds. The highest BCUT2D eigenvalue weighted by Crippen LogP contribution is 2.39. The summed E-state index contributed by atoms with van der Waals surface area (Å²) in [5, 5.41) is 8.36. The zero-order valence-electron chi connectivity index (χ0n) is 32.9. The van der Waals surface area contributed by atoms with E-state index in [1.165, 1.54) is 15.1 Å². The molecule has 0 saturated heterocycles. The molecule has 3 N–H and O–H groups in total. The van der Waals surface area contributed by atoms with E-state index in [2.05, 4.69) is 16.0 Å². The zero-order valence-corrected chi connectivity index (χ0v) is 33.7. The van der Waals surface area contributed by atoms with Gasteiger partial charge in [-0.15, -0.1) is 0 Å². The van der Waals surface area contributed by atoms with Crippen LogP contribution in [0.15, 0.2) is 59.4 Å². The van der Waals surface area contributed by atoms with Gasteiger partial charge in [-0.25, -0.2) is 23.0 Å². The highest BCUT2D eigenvalue weighted by Gasteiger charge is 2.38. The quantitative estimate of drug-likeness (QED) is 0.121. The maximum Gasteiger partial charge on any atom is 0.509 e. The molecule has 0 fully saturated rings. The number of aromatic nitrogens is 2. The third kappa shape index (κ3) is 9.93. The van der Waals surface area contributed by atoms with E-state index in [4.69, 9.17) is 23.9 Å². The number of anilines is 1. The molecule has 0 bridgehead atoms. The van der Waals surface area contributed by atoms with Crippen molar-refractivity contribution < 1.29 is 51.3 Å². The lowest BCUT2D eigenvalue weighted by Crippen LogP contribution is -2.37. The van der Waals surface area contributed by atoms with Crippen LogP contribution in [0, 0.1) is 0 Å². The molecule has 4 heterocycles. The molecule has 0 unspecified atom stereocenters. The molecule has 6 rings (SSSR count). The Kier molecular flexibility index (Phi) is 13.1. The van der Waals surface area contributed by atoms with E-state index in [0.717, 1.165) is 16.5 Å². The van der Waals surface area contributed by atoms with Crippen LogP contribution >= 0.6 is 0 Å². The van der Waals surface area contributed by atoms with Crippen molar-refractivity contribution in [2.75, 3.05) is 44.4 Å². The van der Waals surface area contributed by atoms with E-state index in [9.17, 15) is 37.2 Å². The van der Waals surface area contributed by atoms with Crippen LogP contribution in [0.2, 0.25) is 0 Å². The first-order valence-electron chi connectivity index (χ1n) is 18.8. The lowest BCUT2D eigenvalue weighted by Gasteiger charge is -2.24. The van der Waals surface area contributed by atoms with Gasteiger partial charge in [0.15, 0.2) is 0 Å². The Labute approximate surface area is 339 Å². The van der Waals surface area contributed by atoms with Crippen LogP contribution in [0.3, 0.4) is 0 Å². The number of pyridine rings is 2. The highest BCUT2D eigenvalue weighted by atomic mass is 32.2. The number of carbonyl (C=O) groups is 5. The number of para-hydroxylation sites is 1. The molecule has 0 radical (unpaired) electrons. The van der Waals surface area contributed by atoms with Gasteiger partial charge in [0.25, 0.3) is 5.56 Å². The van der Waals surface area contributed by atoms with Crippen LogP contribution in [0.25, 0.3) is 22.3 Å². The smallest absolute Gasteiger partial charge is 0.458 e. The summed E-state index contributed by atoms with van der Waals surface area (Å²) in [6, 6.07) is 15.0. The number of hydrogen-bond donors (Lipinski definition) is 3. The van der Waals surface area contributed by atoms with Crippen molar-refractivity contribution in [1.29, 1.82) is 0 Å². The van der Waals surface area contributed by atoms with Gasteiger partial charge in [0.05, 0.1) is 41.8 Å². The summed E-state index contributed by atoms with van der Waals surface area (Å²) in [4.78, 5) is 80.4. The minimum atomic E-state index is -3.50. The van der Waals surface area contributed by atoms with E-state index in [0.29, 0.717) is 41.1 Å². The predicted octanol–water partition coefficient (Wildman–Crippen LogP) is 2.30. The molecule has 19 heteroatoms. The summed E-state index contributed by atoms with van der Waals surface area (Å²) < 4.78 is 49.1. The van der Waals surface area contributed by atoms with Crippen LogP contribution in [0.5, 0.6) is 0 Å². The van der Waals surface area contributed by atoms with Gasteiger partial charge in [0.1, 0.15) is 26.4 Å². The average molecular weight is 833 g/mol. The number of amides is 3. The molecule has 312 valence electrons. The summed E-state index contributed by atoms with van der Waals surface area (Å²) in [5.41, 5.74) is 3.89. The highest BCUT2D eigenvalue weighted by molar-refractivity contribution is 7.88. The number of fused-ring (bicyclic) bond motifs is 5.